The van der Waals surface area contributed by atoms with E-state index in [1.54, 1.807) is 26.0 Å². The monoisotopic (exact) mass is 286 g/mol. The fraction of sp³-hybridized carbons (Fsp3) is 0.462. The molecule has 0 radical (unpaired) electrons. The van der Waals surface area contributed by atoms with E-state index in [0.29, 0.717) is 0 Å². The van der Waals surface area contributed by atoms with Gasteiger partial charge >= 0.3 is 5.97 Å². The Hall–Kier alpha value is -1.40. The van der Waals surface area contributed by atoms with Gasteiger partial charge in [-0.15, -0.1) is 0 Å². The zero-order chi connectivity index (χ0) is 14.6. The van der Waals surface area contributed by atoms with E-state index < -0.39 is 22.2 Å². The molecule has 1 aromatic rings. The van der Waals surface area contributed by atoms with Gasteiger partial charge in [-0.2, -0.15) is 8.42 Å². The zero-order valence-electron chi connectivity index (χ0n) is 11.4. The number of ether oxygens (including phenoxy) is 1. The van der Waals surface area contributed by atoms with Gasteiger partial charge in [0.05, 0.1) is 12.0 Å². The SMILES string of the molecule is COC(=O)C(OS(=O)(=O)c1ccc(C)cc1)C(C)C. The van der Waals surface area contributed by atoms with E-state index >= 15 is 0 Å². The van der Waals surface area contributed by atoms with Crippen LogP contribution in [0.3, 0.4) is 0 Å². The van der Waals surface area contributed by atoms with Crippen LogP contribution in [0.5, 0.6) is 0 Å². The number of rotatable bonds is 5. The Morgan fingerprint density at radius 3 is 2.11 bits per heavy atom. The maximum Gasteiger partial charge on any atom is 0.336 e. The predicted molar refractivity (Wildman–Crippen MR) is 70.1 cm³/mol. The summed E-state index contributed by atoms with van der Waals surface area (Å²) in [6, 6.07) is 6.22. The van der Waals surface area contributed by atoms with Crippen molar-refractivity contribution < 1.29 is 22.1 Å². The van der Waals surface area contributed by atoms with Gasteiger partial charge in [0, 0.05) is 0 Å². The summed E-state index contributed by atoms with van der Waals surface area (Å²) >= 11 is 0. The highest BCUT2D eigenvalue weighted by atomic mass is 32.2. The summed E-state index contributed by atoms with van der Waals surface area (Å²) in [6.07, 6.45) is -1.14. The largest absolute Gasteiger partial charge is 0.467 e. The van der Waals surface area contributed by atoms with Crippen LogP contribution in [0.15, 0.2) is 29.2 Å². The Morgan fingerprint density at radius 2 is 1.68 bits per heavy atom. The molecular weight excluding hydrogens is 268 g/mol. The second kappa shape index (κ2) is 6.16. The van der Waals surface area contributed by atoms with E-state index in [2.05, 4.69) is 4.74 Å². The van der Waals surface area contributed by atoms with E-state index in [0.717, 1.165) is 5.56 Å². The summed E-state index contributed by atoms with van der Waals surface area (Å²) in [4.78, 5) is 11.5. The molecule has 1 aromatic carbocycles. The maximum atomic E-state index is 12.0. The number of carbonyl (C=O) groups excluding carboxylic acids is 1. The summed E-state index contributed by atoms with van der Waals surface area (Å²) in [6.45, 7) is 5.22. The van der Waals surface area contributed by atoms with Crippen molar-refractivity contribution in [3.05, 3.63) is 29.8 Å². The first-order valence-corrected chi connectivity index (χ1v) is 7.26. The molecule has 5 nitrogen and oxygen atoms in total. The Morgan fingerprint density at radius 1 is 1.16 bits per heavy atom. The average molecular weight is 286 g/mol. The lowest BCUT2D eigenvalue weighted by Crippen LogP contribution is -2.33. The van der Waals surface area contributed by atoms with E-state index in [-0.39, 0.29) is 10.8 Å². The first kappa shape index (κ1) is 15.7. The van der Waals surface area contributed by atoms with E-state index in [4.69, 9.17) is 4.18 Å². The molecule has 1 unspecified atom stereocenters. The van der Waals surface area contributed by atoms with Gasteiger partial charge in [0.1, 0.15) is 0 Å². The predicted octanol–water partition coefficient (Wildman–Crippen LogP) is 1.90. The van der Waals surface area contributed by atoms with Crippen LogP contribution in [-0.4, -0.2) is 27.6 Å². The summed E-state index contributed by atoms with van der Waals surface area (Å²) < 4.78 is 33.6. The molecule has 0 fully saturated rings. The van der Waals surface area contributed by atoms with Gasteiger partial charge in [0.15, 0.2) is 6.10 Å². The number of carbonyl (C=O) groups is 1. The van der Waals surface area contributed by atoms with Crippen molar-refractivity contribution in [2.75, 3.05) is 7.11 Å². The number of aryl methyl sites for hydroxylation is 1. The lowest BCUT2D eigenvalue weighted by atomic mass is 10.1. The molecule has 6 heteroatoms. The first-order chi connectivity index (χ1) is 8.77. The van der Waals surface area contributed by atoms with Gasteiger partial charge < -0.3 is 4.74 Å². The number of methoxy groups -OCH3 is 1. The molecule has 106 valence electrons. The molecule has 0 spiro atoms. The van der Waals surface area contributed by atoms with Crippen LogP contribution < -0.4 is 0 Å². The van der Waals surface area contributed by atoms with Crippen LogP contribution in [0.25, 0.3) is 0 Å². The van der Waals surface area contributed by atoms with Crippen molar-refractivity contribution in [3.63, 3.8) is 0 Å². The Balaban J connectivity index is 3.00. The molecule has 0 aliphatic rings. The molecule has 0 bridgehead atoms. The van der Waals surface area contributed by atoms with Crippen LogP contribution in [-0.2, 0) is 23.8 Å². The third-order valence-corrected chi connectivity index (χ3v) is 3.89. The van der Waals surface area contributed by atoms with Crippen LogP contribution in [0.4, 0.5) is 0 Å². The minimum atomic E-state index is -3.98. The standard InChI is InChI=1S/C13H18O5S/c1-9(2)12(13(14)17-4)18-19(15,16)11-7-5-10(3)6-8-11/h5-9,12H,1-4H3. The molecule has 0 heterocycles. The van der Waals surface area contributed by atoms with Crippen LogP contribution in [0.1, 0.15) is 19.4 Å². The minimum Gasteiger partial charge on any atom is -0.467 e. The first-order valence-electron chi connectivity index (χ1n) is 5.85. The van der Waals surface area contributed by atoms with Crippen molar-refractivity contribution in [2.45, 2.75) is 31.8 Å². The number of benzene rings is 1. The maximum absolute atomic E-state index is 12.0. The van der Waals surface area contributed by atoms with E-state index in [1.165, 1.54) is 19.2 Å². The summed E-state index contributed by atoms with van der Waals surface area (Å²) in [5, 5.41) is 0. The highest BCUT2D eigenvalue weighted by molar-refractivity contribution is 7.86. The van der Waals surface area contributed by atoms with Gasteiger partial charge in [0.2, 0.25) is 0 Å². The minimum absolute atomic E-state index is 0.0210. The van der Waals surface area contributed by atoms with Gasteiger partial charge in [-0.3, -0.25) is 4.18 Å². The molecule has 0 N–H and O–H groups in total. The van der Waals surface area contributed by atoms with Crippen LogP contribution in [0, 0.1) is 12.8 Å². The topological polar surface area (TPSA) is 69.7 Å². The average Bonchev–Trinajstić information content (AvgIpc) is 2.35. The Kier molecular flexibility index (Phi) is 5.08. The quantitative estimate of drug-likeness (QED) is 0.610. The highest BCUT2D eigenvalue weighted by Crippen LogP contribution is 2.19. The van der Waals surface area contributed by atoms with Gasteiger partial charge in [-0.25, -0.2) is 4.79 Å². The molecule has 0 aromatic heterocycles. The van der Waals surface area contributed by atoms with Crippen molar-refractivity contribution in [2.24, 2.45) is 5.92 Å². The fourth-order valence-electron chi connectivity index (χ4n) is 1.44. The van der Waals surface area contributed by atoms with E-state index in [1.807, 2.05) is 6.92 Å². The molecule has 0 saturated heterocycles. The summed E-state index contributed by atoms with van der Waals surface area (Å²) in [5.41, 5.74) is 0.937. The molecule has 0 aliphatic carbocycles. The van der Waals surface area contributed by atoms with Crippen LogP contribution in [0.2, 0.25) is 0 Å². The number of hydrogen-bond acceptors (Lipinski definition) is 5. The smallest absolute Gasteiger partial charge is 0.336 e. The third-order valence-electron chi connectivity index (χ3n) is 2.58. The normalized spacial score (nSPS) is 13.3. The van der Waals surface area contributed by atoms with Crippen molar-refractivity contribution >= 4 is 16.1 Å². The molecule has 0 aliphatic heterocycles. The third kappa shape index (κ3) is 4.04. The van der Waals surface area contributed by atoms with Crippen molar-refractivity contribution in [3.8, 4) is 0 Å². The van der Waals surface area contributed by atoms with Crippen molar-refractivity contribution in [1.29, 1.82) is 0 Å². The number of hydrogen-bond donors (Lipinski definition) is 0. The molecule has 0 saturated carbocycles. The van der Waals surface area contributed by atoms with Crippen molar-refractivity contribution in [1.82, 2.24) is 0 Å². The van der Waals surface area contributed by atoms with Gasteiger partial charge in [-0.1, -0.05) is 31.5 Å². The lowest BCUT2D eigenvalue weighted by molar-refractivity contribution is -0.150. The second-order valence-electron chi connectivity index (χ2n) is 4.55. The summed E-state index contributed by atoms with van der Waals surface area (Å²) in [7, 11) is -2.78. The van der Waals surface area contributed by atoms with Gasteiger partial charge in [0.25, 0.3) is 10.1 Å². The molecule has 1 rings (SSSR count). The van der Waals surface area contributed by atoms with Crippen LogP contribution >= 0.6 is 0 Å². The zero-order valence-corrected chi connectivity index (χ0v) is 12.2. The highest BCUT2D eigenvalue weighted by Gasteiger charge is 2.30. The lowest BCUT2D eigenvalue weighted by Gasteiger charge is -2.18. The Bertz CT molecular complexity index is 531. The Labute approximate surface area is 113 Å². The molecule has 0 amide bonds. The van der Waals surface area contributed by atoms with E-state index in [9.17, 15) is 13.2 Å². The molecule has 1 atom stereocenters. The molecular formula is C13H18O5S. The fourth-order valence-corrected chi connectivity index (χ4v) is 2.59. The summed E-state index contributed by atoms with van der Waals surface area (Å²) in [5.74, 6) is -1.02. The second-order valence-corrected chi connectivity index (χ2v) is 6.12. The van der Waals surface area contributed by atoms with Gasteiger partial charge in [-0.05, 0) is 25.0 Å². The molecule has 19 heavy (non-hydrogen) atoms. The number of esters is 1.